The number of hydrogen-bond donors (Lipinski definition) is 3. The summed E-state index contributed by atoms with van der Waals surface area (Å²) in [6.07, 6.45) is 0.516. The Balaban J connectivity index is 1.87. The van der Waals surface area contributed by atoms with Gasteiger partial charge in [0.1, 0.15) is 5.82 Å². The average Bonchev–Trinajstić information content (AvgIpc) is 2.48. The van der Waals surface area contributed by atoms with Crippen molar-refractivity contribution in [1.82, 2.24) is 0 Å². The van der Waals surface area contributed by atoms with Gasteiger partial charge < -0.3 is 16.4 Å². The van der Waals surface area contributed by atoms with Crippen molar-refractivity contribution in [3.8, 4) is 0 Å². The lowest BCUT2D eigenvalue weighted by Crippen LogP contribution is -2.19. The summed E-state index contributed by atoms with van der Waals surface area (Å²) >= 11 is 0. The van der Waals surface area contributed by atoms with E-state index in [1.807, 2.05) is 0 Å². The summed E-state index contributed by atoms with van der Waals surface area (Å²) in [6, 6.07) is 12.3. The first-order valence-electron chi connectivity index (χ1n) is 6.74. The minimum Gasteiger partial charge on any atom is -0.351 e. The second-order valence-corrected chi connectivity index (χ2v) is 4.71. The molecule has 22 heavy (non-hydrogen) atoms. The van der Waals surface area contributed by atoms with Crippen molar-refractivity contribution in [3.05, 3.63) is 59.9 Å². The molecule has 0 aliphatic carbocycles. The van der Waals surface area contributed by atoms with Gasteiger partial charge in [-0.25, -0.2) is 9.18 Å². The highest BCUT2D eigenvalue weighted by molar-refractivity contribution is 5.92. The Morgan fingerprint density at radius 2 is 1.55 bits per heavy atom. The van der Waals surface area contributed by atoms with E-state index < -0.39 is 6.03 Å². The van der Waals surface area contributed by atoms with Crippen molar-refractivity contribution < 1.29 is 14.0 Å². The predicted molar refractivity (Wildman–Crippen MR) is 83.0 cm³/mol. The number of nitrogens with one attached hydrogen (secondary N) is 2. The van der Waals surface area contributed by atoms with Crippen molar-refractivity contribution in [1.29, 1.82) is 0 Å². The molecule has 0 heterocycles. The van der Waals surface area contributed by atoms with Gasteiger partial charge in [-0.3, -0.25) is 4.79 Å². The van der Waals surface area contributed by atoms with Crippen LogP contribution in [0, 0.1) is 5.82 Å². The summed E-state index contributed by atoms with van der Waals surface area (Å²) in [5.74, 6) is -0.518. The molecule has 2 rings (SSSR count). The number of halogens is 1. The van der Waals surface area contributed by atoms with Crippen LogP contribution < -0.4 is 16.4 Å². The van der Waals surface area contributed by atoms with Crippen molar-refractivity contribution in [2.45, 2.75) is 12.8 Å². The lowest BCUT2D eigenvalue weighted by molar-refractivity contribution is -0.116. The van der Waals surface area contributed by atoms with Gasteiger partial charge in [-0.15, -0.1) is 0 Å². The molecule has 5 nitrogen and oxygen atoms in total. The molecule has 0 saturated carbocycles. The average molecular weight is 301 g/mol. The summed E-state index contributed by atoms with van der Waals surface area (Å²) in [7, 11) is 0. The number of carbonyl (C=O) groups is 2. The van der Waals surface area contributed by atoms with E-state index in [0.29, 0.717) is 23.4 Å². The first-order chi connectivity index (χ1) is 10.5. The fourth-order valence-electron chi connectivity index (χ4n) is 1.95. The van der Waals surface area contributed by atoms with E-state index in [9.17, 15) is 14.0 Å². The van der Waals surface area contributed by atoms with E-state index in [4.69, 9.17) is 5.73 Å². The molecule has 0 unspecified atom stereocenters. The van der Waals surface area contributed by atoms with E-state index in [-0.39, 0.29) is 18.1 Å². The number of rotatable bonds is 5. The van der Waals surface area contributed by atoms with Crippen LogP contribution in [0.1, 0.15) is 12.0 Å². The van der Waals surface area contributed by atoms with Crippen molar-refractivity contribution in [3.63, 3.8) is 0 Å². The molecule has 3 amide bonds. The minimum absolute atomic E-state index is 0.183. The zero-order chi connectivity index (χ0) is 15.9. The molecule has 0 saturated heterocycles. The van der Waals surface area contributed by atoms with Gasteiger partial charge in [0.05, 0.1) is 0 Å². The second kappa shape index (κ2) is 7.21. The predicted octanol–water partition coefficient (Wildman–Crippen LogP) is 2.89. The van der Waals surface area contributed by atoms with E-state index in [1.165, 1.54) is 6.07 Å². The fourth-order valence-corrected chi connectivity index (χ4v) is 1.95. The number of hydrogen-bond acceptors (Lipinski definition) is 2. The summed E-state index contributed by atoms with van der Waals surface area (Å²) in [5.41, 5.74) is 6.64. The van der Waals surface area contributed by atoms with Gasteiger partial charge in [0.2, 0.25) is 5.91 Å². The molecule has 0 aliphatic rings. The Bertz CT molecular complexity index is 671. The summed E-state index contributed by atoms with van der Waals surface area (Å²) in [4.78, 5) is 22.5. The molecule has 0 spiro atoms. The normalized spacial score (nSPS) is 10.0. The van der Waals surface area contributed by atoms with Crippen molar-refractivity contribution >= 4 is 23.3 Å². The molecular formula is C16H16FN3O2. The molecule has 0 aromatic heterocycles. The SMILES string of the molecule is NC(=O)Nc1ccc(NC(=O)CCc2ccccc2F)cc1. The first kappa shape index (κ1) is 15.5. The minimum atomic E-state index is -0.651. The number of amides is 3. The largest absolute Gasteiger partial charge is 0.351 e. The van der Waals surface area contributed by atoms with Gasteiger partial charge >= 0.3 is 6.03 Å². The Labute approximate surface area is 127 Å². The Morgan fingerprint density at radius 1 is 0.955 bits per heavy atom. The number of benzene rings is 2. The van der Waals surface area contributed by atoms with Gasteiger partial charge in [0.15, 0.2) is 0 Å². The van der Waals surface area contributed by atoms with Crippen molar-refractivity contribution in [2.75, 3.05) is 10.6 Å². The van der Waals surface area contributed by atoms with Crippen LogP contribution in [-0.4, -0.2) is 11.9 Å². The smallest absolute Gasteiger partial charge is 0.316 e. The molecule has 0 aliphatic heterocycles. The maximum Gasteiger partial charge on any atom is 0.316 e. The third-order valence-electron chi connectivity index (χ3n) is 3.02. The van der Waals surface area contributed by atoms with Crippen LogP contribution in [-0.2, 0) is 11.2 Å². The second-order valence-electron chi connectivity index (χ2n) is 4.71. The van der Waals surface area contributed by atoms with E-state index in [2.05, 4.69) is 10.6 Å². The highest BCUT2D eigenvalue weighted by Gasteiger charge is 2.06. The molecule has 114 valence electrons. The molecule has 4 N–H and O–H groups in total. The van der Waals surface area contributed by atoms with Gasteiger partial charge in [0.25, 0.3) is 0 Å². The Kier molecular flexibility index (Phi) is 5.08. The third-order valence-corrected chi connectivity index (χ3v) is 3.02. The van der Waals surface area contributed by atoms with Crippen LogP contribution in [0.25, 0.3) is 0 Å². The molecule has 0 fully saturated rings. The fraction of sp³-hybridized carbons (Fsp3) is 0.125. The van der Waals surface area contributed by atoms with Crippen molar-refractivity contribution in [2.24, 2.45) is 5.73 Å². The third kappa shape index (κ3) is 4.59. The molecular weight excluding hydrogens is 285 g/mol. The Morgan fingerprint density at radius 3 is 2.14 bits per heavy atom. The number of urea groups is 1. The number of aryl methyl sites for hydroxylation is 1. The quantitative estimate of drug-likeness (QED) is 0.793. The molecule has 0 radical (unpaired) electrons. The lowest BCUT2D eigenvalue weighted by atomic mass is 10.1. The van der Waals surface area contributed by atoms with E-state index in [1.54, 1.807) is 42.5 Å². The van der Waals surface area contributed by atoms with Crippen LogP contribution in [0.2, 0.25) is 0 Å². The zero-order valence-corrected chi connectivity index (χ0v) is 11.8. The van der Waals surface area contributed by atoms with Gasteiger partial charge in [0, 0.05) is 17.8 Å². The van der Waals surface area contributed by atoms with Crippen LogP contribution in [0.3, 0.4) is 0 Å². The molecule has 2 aromatic carbocycles. The molecule has 0 atom stereocenters. The van der Waals surface area contributed by atoms with E-state index >= 15 is 0 Å². The van der Waals surface area contributed by atoms with Crippen LogP contribution in [0.15, 0.2) is 48.5 Å². The van der Waals surface area contributed by atoms with Gasteiger partial charge in [-0.2, -0.15) is 0 Å². The van der Waals surface area contributed by atoms with Gasteiger partial charge in [-0.1, -0.05) is 18.2 Å². The summed E-state index contributed by atoms with van der Waals surface area (Å²) in [5, 5.41) is 5.13. The standard InChI is InChI=1S/C16H16FN3O2/c17-14-4-2-1-3-11(14)5-10-15(21)19-12-6-8-13(9-7-12)20-16(18)22/h1-4,6-9H,5,10H2,(H,19,21)(H3,18,20,22). The number of primary amides is 1. The van der Waals surface area contributed by atoms with Crippen LogP contribution in [0.5, 0.6) is 0 Å². The van der Waals surface area contributed by atoms with Crippen LogP contribution >= 0.6 is 0 Å². The van der Waals surface area contributed by atoms with E-state index in [0.717, 1.165) is 0 Å². The highest BCUT2D eigenvalue weighted by Crippen LogP contribution is 2.14. The first-order valence-corrected chi connectivity index (χ1v) is 6.74. The zero-order valence-electron chi connectivity index (χ0n) is 11.8. The lowest BCUT2D eigenvalue weighted by Gasteiger charge is -2.07. The Hall–Kier alpha value is -2.89. The topological polar surface area (TPSA) is 84.2 Å². The summed E-state index contributed by atoms with van der Waals surface area (Å²) in [6.45, 7) is 0. The maximum atomic E-state index is 13.4. The van der Waals surface area contributed by atoms with Crippen LogP contribution in [0.4, 0.5) is 20.6 Å². The number of carbonyl (C=O) groups excluding carboxylic acids is 2. The maximum absolute atomic E-state index is 13.4. The molecule has 2 aromatic rings. The summed E-state index contributed by atoms with van der Waals surface area (Å²) < 4.78 is 13.4. The number of nitrogens with two attached hydrogens (primary N) is 1. The van der Waals surface area contributed by atoms with Gasteiger partial charge in [-0.05, 0) is 42.3 Å². The monoisotopic (exact) mass is 301 g/mol. The molecule has 6 heteroatoms. The number of anilines is 2. The molecule has 0 bridgehead atoms. The highest BCUT2D eigenvalue weighted by atomic mass is 19.1.